The van der Waals surface area contributed by atoms with E-state index in [1.54, 1.807) is 19.1 Å². The quantitative estimate of drug-likeness (QED) is 0.393. The summed E-state index contributed by atoms with van der Waals surface area (Å²) in [4.78, 5) is 28.6. The van der Waals surface area contributed by atoms with Crippen LogP contribution in [0.25, 0.3) is 0 Å². The van der Waals surface area contributed by atoms with Crippen LogP contribution in [0.4, 0.5) is 10.1 Å². The van der Waals surface area contributed by atoms with Gasteiger partial charge in [-0.3, -0.25) is 9.59 Å². The smallest absolute Gasteiger partial charge is 0.304 e. The number of hydrogen-bond acceptors (Lipinski definition) is 4. The first-order chi connectivity index (χ1) is 18.4. The van der Waals surface area contributed by atoms with E-state index >= 15 is 0 Å². The Labute approximate surface area is 230 Å². The third kappa shape index (κ3) is 7.42. The summed E-state index contributed by atoms with van der Waals surface area (Å²) in [7, 11) is 0.206. The van der Waals surface area contributed by atoms with Crippen LogP contribution in [0.3, 0.4) is 0 Å². The molecule has 3 aromatic rings. The predicted octanol–water partition coefficient (Wildman–Crippen LogP) is 3.44. The average molecular weight is 555 g/mol. The number of rotatable bonds is 11. The van der Waals surface area contributed by atoms with Crippen molar-refractivity contribution in [1.29, 1.82) is 0 Å². The summed E-state index contributed by atoms with van der Waals surface area (Å²) in [6, 6.07) is 19.3. The summed E-state index contributed by atoms with van der Waals surface area (Å²) in [5.74, 6) is -1.40. The fourth-order valence-electron chi connectivity index (χ4n) is 4.20. The van der Waals surface area contributed by atoms with Crippen molar-refractivity contribution in [3.05, 3.63) is 101 Å². The standard InChI is InChI=1S/C29H35FN4O4S/c1-21-11-12-22(2)26(17-21)34(39(37,38)32(4)5)20-28(35)33(19-24-13-15-25(30)16-14-24)27(29(36)31-3)18-23-9-7-6-8-10-23/h6-17,27H,18-20H2,1-5H3,(H,31,36)/t27-/m1/s1. The molecule has 0 aliphatic heterocycles. The second-order valence-corrected chi connectivity index (χ2v) is 11.6. The van der Waals surface area contributed by atoms with Gasteiger partial charge in [0, 0.05) is 34.1 Å². The number of hydrogen-bond donors (Lipinski definition) is 1. The molecule has 2 amide bonds. The number of anilines is 1. The molecule has 0 radical (unpaired) electrons. The van der Waals surface area contributed by atoms with E-state index in [0.717, 1.165) is 19.7 Å². The molecule has 0 aliphatic carbocycles. The normalized spacial score (nSPS) is 12.2. The van der Waals surface area contributed by atoms with Crippen molar-refractivity contribution >= 4 is 27.7 Å². The number of amides is 2. The third-order valence-electron chi connectivity index (χ3n) is 6.44. The van der Waals surface area contributed by atoms with Crippen molar-refractivity contribution < 1.29 is 22.4 Å². The second-order valence-electron chi connectivity index (χ2n) is 9.55. The summed E-state index contributed by atoms with van der Waals surface area (Å²) in [6.45, 7) is 3.06. The summed E-state index contributed by atoms with van der Waals surface area (Å²) in [5, 5.41) is 2.63. The van der Waals surface area contributed by atoms with Crippen molar-refractivity contribution in [2.75, 3.05) is 32.0 Å². The van der Waals surface area contributed by atoms with Crippen molar-refractivity contribution in [3.8, 4) is 0 Å². The molecule has 0 heterocycles. The van der Waals surface area contributed by atoms with Gasteiger partial charge in [-0.25, -0.2) is 8.70 Å². The Bertz CT molecular complexity index is 1400. The molecule has 0 unspecified atom stereocenters. The zero-order valence-corrected chi connectivity index (χ0v) is 23.7. The average Bonchev–Trinajstić information content (AvgIpc) is 2.91. The van der Waals surface area contributed by atoms with Gasteiger partial charge in [0.2, 0.25) is 11.8 Å². The van der Waals surface area contributed by atoms with Gasteiger partial charge in [0.05, 0.1) is 5.69 Å². The van der Waals surface area contributed by atoms with Gasteiger partial charge < -0.3 is 10.2 Å². The van der Waals surface area contributed by atoms with Gasteiger partial charge in [0.1, 0.15) is 18.4 Å². The maximum Gasteiger partial charge on any atom is 0.304 e. The molecule has 10 heteroatoms. The van der Waals surface area contributed by atoms with Crippen molar-refractivity contribution in [3.63, 3.8) is 0 Å². The first-order valence-corrected chi connectivity index (χ1v) is 13.9. The second kappa shape index (κ2) is 12.9. The van der Waals surface area contributed by atoms with Crippen molar-refractivity contribution in [2.24, 2.45) is 0 Å². The predicted molar refractivity (Wildman–Crippen MR) is 151 cm³/mol. The number of benzene rings is 3. The molecule has 39 heavy (non-hydrogen) atoms. The molecule has 0 spiro atoms. The molecular weight excluding hydrogens is 519 g/mol. The van der Waals surface area contributed by atoms with E-state index in [9.17, 15) is 22.4 Å². The molecule has 1 atom stereocenters. The Kier molecular flexibility index (Phi) is 9.82. The van der Waals surface area contributed by atoms with Crippen LogP contribution in [-0.4, -0.2) is 63.2 Å². The fourth-order valence-corrected chi connectivity index (χ4v) is 5.31. The molecule has 0 fully saturated rings. The number of aryl methyl sites for hydroxylation is 2. The molecular formula is C29H35FN4O4S. The Balaban J connectivity index is 2.09. The van der Waals surface area contributed by atoms with Crippen LogP contribution < -0.4 is 9.62 Å². The third-order valence-corrected chi connectivity index (χ3v) is 8.24. The molecule has 0 aliphatic rings. The Morgan fingerprint density at radius 1 is 0.923 bits per heavy atom. The van der Waals surface area contributed by atoms with Gasteiger partial charge >= 0.3 is 10.2 Å². The zero-order valence-electron chi connectivity index (χ0n) is 22.9. The molecule has 8 nitrogen and oxygen atoms in total. The SMILES string of the molecule is CNC(=O)[C@@H](Cc1ccccc1)N(Cc1ccc(F)cc1)C(=O)CN(c1cc(C)ccc1C)S(=O)(=O)N(C)C. The number of carbonyl (C=O) groups is 2. The van der Waals surface area contributed by atoms with E-state index in [1.807, 2.05) is 43.3 Å². The van der Waals surface area contributed by atoms with Crippen molar-refractivity contribution in [1.82, 2.24) is 14.5 Å². The first-order valence-electron chi connectivity index (χ1n) is 12.5. The molecule has 0 bridgehead atoms. The van der Waals surface area contributed by atoms with Crippen LogP contribution in [0, 0.1) is 19.7 Å². The maximum absolute atomic E-state index is 14.1. The first kappa shape index (κ1) is 29.8. The van der Waals surface area contributed by atoms with E-state index in [-0.39, 0.29) is 13.0 Å². The lowest BCUT2D eigenvalue weighted by molar-refractivity contribution is -0.139. The van der Waals surface area contributed by atoms with E-state index in [0.29, 0.717) is 16.8 Å². The minimum Gasteiger partial charge on any atom is -0.357 e. The summed E-state index contributed by atoms with van der Waals surface area (Å²) < 4.78 is 42.7. The highest BCUT2D eigenvalue weighted by atomic mass is 32.2. The van der Waals surface area contributed by atoms with Gasteiger partial charge in [0.15, 0.2) is 0 Å². The number of halogens is 1. The molecule has 0 saturated carbocycles. The monoisotopic (exact) mass is 554 g/mol. The number of carbonyl (C=O) groups excluding carboxylic acids is 2. The highest BCUT2D eigenvalue weighted by Gasteiger charge is 2.34. The van der Waals surface area contributed by atoms with Gasteiger partial charge in [-0.05, 0) is 54.3 Å². The lowest BCUT2D eigenvalue weighted by atomic mass is 10.0. The number of likely N-dealkylation sites (N-methyl/N-ethyl adjacent to an activating group) is 1. The minimum atomic E-state index is -4.08. The van der Waals surface area contributed by atoms with Gasteiger partial charge in [-0.1, -0.05) is 54.6 Å². The zero-order chi connectivity index (χ0) is 28.7. The Hall–Kier alpha value is -3.76. The number of nitrogens with zero attached hydrogens (tertiary/aromatic N) is 3. The van der Waals surface area contributed by atoms with E-state index in [2.05, 4.69) is 5.32 Å². The van der Waals surface area contributed by atoms with E-state index < -0.39 is 40.4 Å². The molecule has 0 aromatic heterocycles. The van der Waals surface area contributed by atoms with Crippen molar-refractivity contribution in [2.45, 2.75) is 32.9 Å². The largest absolute Gasteiger partial charge is 0.357 e. The van der Waals surface area contributed by atoms with Crippen LogP contribution in [0.2, 0.25) is 0 Å². The molecule has 3 rings (SSSR count). The summed E-state index contributed by atoms with van der Waals surface area (Å²) >= 11 is 0. The Morgan fingerprint density at radius 2 is 1.56 bits per heavy atom. The number of nitrogens with one attached hydrogen (secondary N) is 1. The summed E-state index contributed by atoms with van der Waals surface area (Å²) in [5.41, 5.74) is 3.31. The molecule has 0 saturated heterocycles. The Morgan fingerprint density at radius 3 is 2.15 bits per heavy atom. The highest BCUT2D eigenvalue weighted by molar-refractivity contribution is 7.90. The van der Waals surface area contributed by atoms with Crippen LogP contribution >= 0.6 is 0 Å². The lowest BCUT2D eigenvalue weighted by Gasteiger charge is -2.34. The van der Waals surface area contributed by atoms with Crippen LogP contribution in [0.5, 0.6) is 0 Å². The van der Waals surface area contributed by atoms with Gasteiger partial charge in [-0.2, -0.15) is 12.7 Å². The van der Waals surface area contributed by atoms with E-state index in [1.165, 1.54) is 50.3 Å². The lowest BCUT2D eigenvalue weighted by Crippen LogP contribution is -2.54. The molecule has 208 valence electrons. The van der Waals surface area contributed by atoms with Gasteiger partial charge in [0.25, 0.3) is 0 Å². The minimum absolute atomic E-state index is 0.0211. The van der Waals surface area contributed by atoms with Crippen LogP contribution in [-0.2, 0) is 32.8 Å². The maximum atomic E-state index is 14.1. The van der Waals surface area contributed by atoms with E-state index in [4.69, 9.17) is 0 Å². The molecule has 3 aromatic carbocycles. The summed E-state index contributed by atoms with van der Waals surface area (Å²) in [6.07, 6.45) is 0.206. The van der Waals surface area contributed by atoms with Crippen LogP contribution in [0.15, 0.2) is 72.8 Å². The van der Waals surface area contributed by atoms with Gasteiger partial charge in [-0.15, -0.1) is 0 Å². The van der Waals surface area contributed by atoms with Crippen LogP contribution in [0.1, 0.15) is 22.3 Å². The molecule has 1 N–H and O–H groups in total. The topological polar surface area (TPSA) is 90.0 Å². The highest BCUT2D eigenvalue weighted by Crippen LogP contribution is 2.26. The fraction of sp³-hybridized carbons (Fsp3) is 0.310.